The summed E-state index contributed by atoms with van der Waals surface area (Å²) in [5.41, 5.74) is 1.61. The van der Waals surface area contributed by atoms with Gasteiger partial charge in [0.1, 0.15) is 17.4 Å². The van der Waals surface area contributed by atoms with E-state index in [0.717, 1.165) is 16.5 Å². The van der Waals surface area contributed by atoms with Crippen molar-refractivity contribution in [1.82, 2.24) is 5.32 Å². The van der Waals surface area contributed by atoms with E-state index in [2.05, 4.69) is 5.32 Å². The van der Waals surface area contributed by atoms with E-state index < -0.39 is 23.5 Å². The minimum atomic E-state index is -0.823. The first-order valence-corrected chi connectivity index (χ1v) is 9.04. The number of aryl methyl sites for hydroxylation is 1. The summed E-state index contributed by atoms with van der Waals surface area (Å²) in [6.45, 7) is 1.51. The standard InChI is InChI=1S/C22H21NO6/c1-14-10-21(25)29-19-12-16(8-9-17(14)19)28-13-20(24)23-18(22(26)27-2)11-15-6-4-3-5-7-15/h3-10,12,18H,11,13H2,1-2H3,(H,23,24)/t18-/m1/s1. The van der Waals surface area contributed by atoms with E-state index in [0.29, 0.717) is 17.8 Å². The van der Waals surface area contributed by atoms with Crippen molar-refractivity contribution >= 4 is 22.8 Å². The Morgan fingerprint density at radius 2 is 1.86 bits per heavy atom. The molecule has 2 aromatic carbocycles. The van der Waals surface area contributed by atoms with Crippen LogP contribution in [0.2, 0.25) is 0 Å². The second-order valence-corrected chi connectivity index (χ2v) is 6.53. The van der Waals surface area contributed by atoms with Gasteiger partial charge < -0.3 is 19.2 Å². The molecule has 0 aliphatic rings. The highest BCUT2D eigenvalue weighted by Gasteiger charge is 2.22. The zero-order valence-electron chi connectivity index (χ0n) is 16.1. The van der Waals surface area contributed by atoms with Crippen LogP contribution in [-0.2, 0) is 20.7 Å². The summed E-state index contributed by atoms with van der Waals surface area (Å²) in [5.74, 6) is -0.633. The molecule has 3 rings (SSSR count). The molecule has 0 fully saturated rings. The summed E-state index contributed by atoms with van der Waals surface area (Å²) >= 11 is 0. The summed E-state index contributed by atoms with van der Waals surface area (Å²) < 4.78 is 15.4. The second kappa shape index (κ2) is 9.05. The lowest BCUT2D eigenvalue weighted by molar-refractivity contribution is -0.145. The molecular formula is C22H21NO6. The van der Waals surface area contributed by atoms with Gasteiger partial charge in [-0.15, -0.1) is 0 Å². The zero-order valence-corrected chi connectivity index (χ0v) is 16.1. The Hall–Kier alpha value is -3.61. The molecule has 0 spiro atoms. The molecule has 1 atom stereocenters. The summed E-state index contributed by atoms with van der Waals surface area (Å²) in [7, 11) is 1.27. The Bertz CT molecular complexity index is 1070. The maximum absolute atomic E-state index is 12.3. The van der Waals surface area contributed by atoms with E-state index in [1.807, 2.05) is 37.3 Å². The number of benzene rings is 2. The molecule has 3 aromatic rings. The molecule has 0 aliphatic carbocycles. The average molecular weight is 395 g/mol. The third-order valence-electron chi connectivity index (χ3n) is 4.40. The molecule has 1 amide bonds. The maximum Gasteiger partial charge on any atom is 0.336 e. The zero-order chi connectivity index (χ0) is 20.8. The van der Waals surface area contributed by atoms with Crippen LogP contribution in [0.15, 0.2) is 63.8 Å². The highest BCUT2D eigenvalue weighted by Crippen LogP contribution is 2.22. The molecule has 29 heavy (non-hydrogen) atoms. The monoisotopic (exact) mass is 395 g/mol. The largest absolute Gasteiger partial charge is 0.484 e. The predicted octanol–water partition coefficient (Wildman–Crippen LogP) is 2.38. The van der Waals surface area contributed by atoms with Gasteiger partial charge in [0, 0.05) is 23.9 Å². The van der Waals surface area contributed by atoms with Crippen molar-refractivity contribution in [1.29, 1.82) is 0 Å². The Balaban J connectivity index is 1.65. The van der Waals surface area contributed by atoms with Crippen LogP contribution < -0.4 is 15.7 Å². The Morgan fingerprint density at radius 1 is 1.10 bits per heavy atom. The smallest absolute Gasteiger partial charge is 0.336 e. The van der Waals surface area contributed by atoms with E-state index in [4.69, 9.17) is 13.9 Å². The molecule has 0 radical (unpaired) electrons. The van der Waals surface area contributed by atoms with Gasteiger partial charge in [-0.25, -0.2) is 9.59 Å². The van der Waals surface area contributed by atoms with Crippen LogP contribution in [0.3, 0.4) is 0 Å². The third kappa shape index (κ3) is 5.22. The lowest BCUT2D eigenvalue weighted by Crippen LogP contribution is -2.44. The van der Waals surface area contributed by atoms with Gasteiger partial charge in [0.05, 0.1) is 7.11 Å². The van der Waals surface area contributed by atoms with E-state index in [9.17, 15) is 14.4 Å². The molecule has 7 nitrogen and oxygen atoms in total. The predicted molar refractivity (Wildman–Crippen MR) is 107 cm³/mol. The van der Waals surface area contributed by atoms with Crippen molar-refractivity contribution in [2.75, 3.05) is 13.7 Å². The summed E-state index contributed by atoms with van der Waals surface area (Å²) in [5, 5.41) is 3.42. The van der Waals surface area contributed by atoms with Gasteiger partial charge in [0.15, 0.2) is 6.61 Å². The second-order valence-electron chi connectivity index (χ2n) is 6.53. The van der Waals surface area contributed by atoms with E-state index in [1.54, 1.807) is 18.2 Å². The lowest BCUT2D eigenvalue weighted by atomic mass is 10.1. The van der Waals surface area contributed by atoms with Crippen molar-refractivity contribution in [2.45, 2.75) is 19.4 Å². The third-order valence-corrected chi connectivity index (χ3v) is 4.40. The number of hydrogen-bond acceptors (Lipinski definition) is 6. The first kappa shape index (κ1) is 20.1. The van der Waals surface area contributed by atoms with Crippen LogP contribution in [0, 0.1) is 6.92 Å². The van der Waals surface area contributed by atoms with Crippen molar-refractivity contribution in [3.63, 3.8) is 0 Å². The minimum Gasteiger partial charge on any atom is -0.484 e. The highest BCUT2D eigenvalue weighted by molar-refractivity contribution is 5.85. The molecule has 0 saturated heterocycles. The number of hydrogen-bond donors (Lipinski definition) is 1. The van der Waals surface area contributed by atoms with E-state index in [-0.39, 0.29) is 6.61 Å². The molecule has 150 valence electrons. The lowest BCUT2D eigenvalue weighted by Gasteiger charge is -2.17. The first-order chi connectivity index (χ1) is 14.0. The fourth-order valence-electron chi connectivity index (χ4n) is 2.97. The number of fused-ring (bicyclic) bond motifs is 1. The fraction of sp³-hybridized carbons (Fsp3) is 0.227. The quantitative estimate of drug-likeness (QED) is 0.488. The Kier molecular flexibility index (Phi) is 6.29. The number of methoxy groups -OCH3 is 1. The van der Waals surface area contributed by atoms with Gasteiger partial charge in [-0.3, -0.25) is 4.79 Å². The van der Waals surface area contributed by atoms with Gasteiger partial charge in [-0.05, 0) is 30.2 Å². The van der Waals surface area contributed by atoms with Crippen LogP contribution in [0.25, 0.3) is 11.0 Å². The number of carbonyl (C=O) groups excluding carboxylic acids is 2. The fourth-order valence-corrected chi connectivity index (χ4v) is 2.97. The van der Waals surface area contributed by atoms with Crippen LogP contribution in [0.5, 0.6) is 5.75 Å². The molecule has 0 aliphatic heterocycles. The number of ether oxygens (including phenoxy) is 2. The molecule has 1 aromatic heterocycles. The number of esters is 1. The van der Waals surface area contributed by atoms with Gasteiger partial charge in [-0.2, -0.15) is 0 Å². The van der Waals surface area contributed by atoms with Gasteiger partial charge >= 0.3 is 11.6 Å². The molecule has 1 N–H and O–H groups in total. The van der Waals surface area contributed by atoms with Gasteiger partial charge in [-0.1, -0.05) is 30.3 Å². The highest BCUT2D eigenvalue weighted by atomic mass is 16.5. The minimum absolute atomic E-state index is 0.302. The molecule has 7 heteroatoms. The SMILES string of the molecule is COC(=O)[C@@H](Cc1ccccc1)NC(=O)COc1ccc2c(C)cc(=O)oc2c1. The Labute approximate surface area is 167 Å². The topological polar surface area (TPSA) is 94.8 Å². The summed E-state index contributed by atoms with van der Waals surface area (Å²) in [6, 6.07) is 14.9. The molecule has 0 unspecified atom stereocenters. The maximum atomic E-state index is 12.3. The number of amides is 1. The van der Waals surface area contributed by atoms with Gasteiger partial charge in [0.2, 0.25) is 0 Å². The van der Waals surface area contributed by atoms with E-state index in [1.165, 1.54) is 13.2 Å². The first-order valence-electron chi connectivity index (χ1n) is 9.04. The molecule has 0 bridgehead atoms. The Morgan fingerprint density at radius 3 is 2.59 bits per heavy atom. The van der Waals surface area contributed by atoms with Gasteiger partial charge in [0.25, 0.3) is 5.91 Å². The average Bonchev–Trinajstić information content (AvgIpc) is 2.71. The molecule has 1 heterocycles. The van der Waals surface area contributed by atoms with E-state index >= 15 is 0 Å². The van der Waals surface area contributed by atoms with Crippen LogP contribution in [-0.4, -0.2) is 31.6 Å². The van der Waals surface area contributed by atoms with Crippen molar-refractivity contribution in [3.05, 3.63) is 76.1 Å². The number of rotatable bonds is 7. The normalized spacial score (nSPS) is 11.7. The van der Waals surface area contributed by atoms with Crippen LogP contribution in [0.1, 0.15) is 11.1 Å². The van der Waals surface area contributed by atoms with Crippen molar-refractivity contribution < 1.29 is 23.5 Å². The molecular weight excluding hydrogens is 374 g/mol. The summed E-state index contributed by atoms with van der Waals surface area (Å²) in [4.78, 5) is 35.8. The number of carbonyl (C=O) groups is 2. The molecule has 0 saturated carbocycles. The summed E-state index contributed by atoms with van der Waals surface area (Å²) in [6.07, 6.45) is 0.305. The number of nitrogens with one attached hydrogen (secondary N) is 1. The van der Waals surface area contributed by atoms with Crippen LogP contribution in [0.4, 0.5) is 0 Å². The van der Waals surface area contributed by atoms with Crippen LogP contribution >= 0.6 is 0 Å². The van der Waals surface area contributed by atoms with Crippen molar-refractivity contribution in [2.24, 2.45) is 0 Å². The van der Waals surface area contributed by atoms with Crippen molar-refractivity contribution in [3.8, 4) is 5.75 Å².